The number of amidine groups is 1. The van der Waals surface area contributed by atoms with Gasteiger partial charge in [0, 0.05) is 18.9 Å². The van der Waals surface area contributed by atoms with Crippen molar-refractivity contribution in [3.05, 3.63) is 64.7 Å². The number of esters is 1. The first-order valence-corrected chi connectivity index (χ1v) is 9.49. The summed E-state index contributed by atoms with van der Waals surface area (Å²) in [6.07, 6.45) is 0. The molecular formula is C19H16ClN3O4S. The van der Waals surface area contributed by atoms with E-state index in [1.54, 1.807) is 48.5 Å². The summed E-state index contributed by atoms with van der Waals surface area (Å²) in [6, 6.07) is 13.2. The number of halogens is 1. The second kappa shape index (κ2) is 8.45. The van der Waals surface area contributed by atoms with Crippen molar-refractivity contribution in [2.24, 2.45) is 5.10 Å². The Balaban J connectivity index is 1.79. The summed E-state index contributed by atoms with van der Waals surface area (Å²) in [5.41, 5.74) is 1.07. The number of nitrogens with one attached hydrogen (secondary N) is 1. The van der Waals surface area contributed by atoms with E-state index in [1.165, 1.54) is 30.6 Å². The average Bonchev–Trinajstić information content (AvgIpc) is 3.06. The van der Waals surface area contributed by atoms with Crippen LogP contribution in [-0.2, 0) is 9.59 Å². The number of rotatable bonds is 3. The topological polar surface area (TPSA) is 88.1 Å². The van der Waals surface area contributed by atoms with E-state index in [4.69, 9.17) is 16.3 Å². The van der Waals surface area contributed by atoms with Gasteiger partial charge in [0.2, 0.25) is 11.8 Å². The zero-order chi connectivity index (χ0) is 20.3. The molecule has 7 nitrogen and oxygen atoms in total. The molecular weight excluding hydrogens is 402 g/mol. The molecule has 0 spiro atoms. The van der Waals surface area contributed by atoms with Gasteiger partial charge in [0.15, 0.2) is 5.17 Å². The third-order valence-corrected chi connectivity index (χ3v) is 5.04. The highest BCUT2D eigenvalue weighted by atomic mass is 35.5. The lowest BCUT2D eigenvalue weighted by atomic mass is 10.2. The van der Waals surface area contributed by atoms with E-state index in [0.717, 1.165) is 0 Å². The van der Waals surface area contributed by atoms with E-state index in [-0.39, 0.29) is 11.8 Å². The molecule has 0 fully saturated rings. The van der Waals surface area contributed by atoms with Crippen LogP contribution in [-0.4, -0.2) is 28.0 Å². The van der Waals surface area contributed by atoms with Crippen LogP contribution in [0.2, 0.25) is 5.02 Å². The highest BCUT2D eigenvalue weighted by Gasteiger charge is 2.32. The molecule has 2 amide bonds. The second-order valence-corrected chi connectivity index (χ2v) is 7.39. The molecule has 0 aromatic heterocycles. The molecule has 2 aromatic carbocycles. The highest BCUT2D eigenvalue weighted by Crippen LogP contribution is 2.39. The smallest absolute Gasteiger partial charge is 0.343 e. The van der Waals surface area contributed by atoms with Crippen LogP contribution >= 0.6 is 23.4 Å². The van der Waals surface area contributed by atoms with Crippen molar-refractivity contribution in [3.63, 3.8) is 0 Å². The lowest BCUT2D eigenvalue weighted by Crippen LogP contribution is -2.25. The van der Waals surface area contributed by atoms with Gasteiger partial charge in [0.1, 0.15) is 11.1 Å². The number of carbonyl (C=O) groups is 3. The van der Waals surface area contributed by atoms with Crippen LogP contribution in [0.1, 0.15) is 35.1 Å². The Kier molecular flexibility index (Phi) is 6.01. The zero-order valence-electron chi connectivity index (χ0n) is 15.0. The Labute approximate surface area is 170 Å². The van der Waals surface area contributed by atoms with E-state index in [9.17, 15) is 14.4 Å². The summed E-state index contributed by atoms with van der Waals surface area (Å²) in [5.74, 6) is -0.747. The number of hydrazone groups is 1. The number of benzene rings is 2. The predicted molar refractivity (Wildman–Crippen MR) is 107 cm³/mol. The number of nitrogens with zero attached hydrogens (tertiary/aromatic N) is 2. The number of ether oxygens (including phenoxy) is 1. The average molecular weight is 418 g/mol. The van der Waals surface area contributed by atoms with E-state index in [1.807, 2.05) is 0 Å². The quantitative estimate of drug-likeness (QED) is 0.609. The molecule has 9 heteroatoms. The Morgan fingerprint density at radius 2 is 1.86 bits per heavy atom. The minimum absolute atomic E-state index is 0.276. The molecule has 28 heavy (non-hydrogen) atoms. The molecule has 3 rings (SSSR count). The van der Waals surface area contributed by atoms with Gasteiger partial charge in [-0.25, -0.2) is 9.80 Å². The van der Waals surface area contributed by atoms with Crippen molar-refractivity contribution in [1.29, 1.82) is 0 Å². The third kappa shape index (κ3) is 4.71. The van der Waals surface area contributed by atoms with Crippen LogP contribution < -0.4 is 10.1 Å². The number of carbonyl (C=O) groups excluding carboxylic acids is 3. The number of thioether (sulfide) groups is 1. The Morgan fingerprint density at radius 1 is 1.14 bits per heavy atom. The van der Waals surface area contributed by atoms with Gasteiger partial charge in [-0.05, 0) is 42.0 Å². The lowest BCUT2D eigenvalue weighted by molar-refractivity contribution is -0.129. The minimum Gasteiger partial charge on any atom is -0.423 e. The fourth-order valence-corrected chi connectivity index (χ4v) is 3.72. The highest BCUT2D eigenvalue weighted by molar-refractivity contribution is 8.14. The summed E-state index contributed by atoms with van der Waals surface area (Å²) in [4.78, 5) is 35.5. The van der Waals surface area contributed by atoms with Gasteiger partial charge in [-0.3, -0.25) is 9.59 Å². The molecule has 0 unspecified atom stereocenters. The van der Waals surface area contributed by atoms with E-state index >= 15 is 0 Å². The molecule has 144 valence electrons. The second-order valence-electron chi connectivity index (χ2n) is 5.89. The number of hydrogen-bond acceptors (Lipinski definition) is 6. The lowest BCUT2D eigenvalue weighted by Gasteiger charge is -2.19. The van der Waals surface area contributed by atoms with Gasteiger partial charge < -0.3 is 10.1 Å². The molecule has 0 radical (unpaired) electrons. The summed E-state index contributed by atoms with van der Waals surface area (Å²) in [6.45, 7) is 2.75. The number of amides is 2. The van der Waals surface area contributed by atoms with Gasteiger partial charge in [-0.2, -0.15) is 0 Å². The van der Waals surface area contributed by atoms with Gasteiger partial charge >= 0.3 is 5.97 Å². The number of hydrogen-bond donors (Lipinski definition) is 1. The Morgan fingerprint density at radius 3 is 2.50 bits per heavy atom. The monoisotopic (exact) mass is 417 g/mol. The fraction of sp³-hybridized carbons (Fsp3) is 0.158. The van der Waals surface area contributed by atoms with Crippen molar-refractivity contribution in [2.45, 2.75) is 19.2 Å². The maximum atomic E-state index is 12.3. The summed E-state index contributed by atoms with van der Waals surface area (Å²) < 4.78 is 5.43. The van der Waals surface area contributed by atoms with Crippen molar-refractivity contribution in [2.75, 3.05) is 0 Å². The zero-order valence-corrected chi connectivity index (χ0v) is 16.6. The normalized spacial score (nSPS) is 15.8. The third-order valence-electron chi connectivity index (χ3n) is 3.68. The van der Waals surface area contributed by atoms with Gasteiger partial charge in [-0.1, -0.05) is 35.5 Å². The van der Waals surface area contributed by atoms with Gasteiger partial charge in [-0.15, -0.1) is 5.10 Å². The van der Waals surface area contributed by atoms with Crippen LogP contribution in [0.4, 0.5) is 0 Å². The SMILES string of the molecule is CC(=O)NC1=NN(C(C)=O)[C@H](c2cccc(OC(=O)c3ccc(Cl)cc3)c2)S1. The van der Waals surface area contributed by atoms with Crippen LogP contribution in [0.25, 0.3) is 0 Å². The van der Waals surface area contributed by atoms with Gasteiger partial charge in [0.25, 0.3) is 0 Å². The molecule has 1 atom stereocenters. The Bertz CT molecular complexity index is 962. The molecule has 1 aliphatic rings. The van der Waals surface area contributed by atoms with Crippen molar-refractivity contribution in [1.82, 2.24) is 10.3 Å². The Hall–Kier alpha value is -2.84. The molecule has 1 aliphatic heterocycles. The van der Waals surface area contributed by atoms with Crippen LogP contribution in [0.5, 0.6) is 5.75 Å². The molecule has 1 heterocycles. The first kappa shape index (κ1) is 19.9. The summed E-state index contributed by atoms with van der Waals surface area (Å²) in [7, 11) is 0. The molecule has 0 saturated carbocycles. The van der Waals surface area contributed by atoms with Crippen molar-refractivity contribution >= 4 is 46.3 Å². The maximum absolute atomic E-state index is 12.3. The molecule has 0 bridgehead atoms. The van der Waals surface area contributed by atoms with Gasteiger partial charge in [0.05, 0.1) is 5.56 Å². The van der Waals surface area contributed by atoms with E-state index < -0.39 is 11.3 Å². The largest absolute Gasteiger partial charge is 0.423 e. The molecule has 0 saturated heterocycles. The molecule has 2 aromatic rings. The molecule has 0 aliphatic carbocycles. The standard InChI is InChI=1S/C19H16ClN3O4S/c1-11(24)21-19-22-23(12(2)25)17(28-19)14-4-3-5-16(10-14)27-18(26)13-6-8-15(20)9-7-13/h3-10,17H,1-2H3,(H,21,22,24)/t17-/m0/s1. The maximum Gasteiger partial charge on any atom is 0.343 e. The minimum atomic E-state index is -0.522. The van der Waals surface area contributed by atoms with E-state index in [0.29, 0.717) is 27.1 Å². The fourth-order valence-electron chi connectivity index (χ4n) is 2.46. The van der Waals surface area contributed by atoms with Crippen LogP contribution in [0.3, 0.4) is 0 Å². The predicted octanol–water partition coefficient (Wildman–Crippen LogP) is 3.56. The summed E-state index contributed by atoms with van der Waals surface area (Å²) in [5, 5.41) is 8.38. The van der Waals surface area contributed by atoms with E-state index in [2.05, 4.69) is 10.4 Å². The van der Waals surface area contributed by atoms with Crippen molar-refractivity contribution in [3.8, 4) is 5.75 Å². The first-order valence-electron chi connectivity index (χ1n) is 8.24. The first-order chi connectivity index (χ1) is 13.3. The van der Waals surface area contributed by atoms with Crippen molar-refractivity contribution < 1.29 is 19.1 Å². The van der Waals surface area contributed by atoms with Crippen LogP contribution in [0.15, 0.2) is 53.6 Å². The molecule has 1 N–H and O–H groups in total. The van der Waals surface area contributed by atoms with Crippen LogP contribution in [0, 0.1) is 0 Å². The summed E-state index contributed by atoms with van der Waals surface area (Å²) >= 11 is 7.05.